The first kappa shape index (κ1) is 9.24. The molecule has 12 heavy (non-hydrogen) atoms. The average molecular weight is 166 g/mol. The monoisotopic (exact) mass is 166 g/mol. The summed E-state index contributed by atoms with van der Waals surface area (Å²) in [4.78, 5) is 0. The van der Waals surface area contributed by atoms with Gasteiger partial charge in [0.2, 0.25) is 0 Å². The van der Waals surface area contributed by atoms with Crippen LogP contribution in [0.4, 0.5) is 4.39 Å². The lowest BCUT2D eigenvalue weighted by Gasteiger charge is -2.17. The van der Waals surface area contributed by atoms with Crippen LogP contribution in [0.25, 0.3) is 0 Å². The van der Waals surface area contributed by atoms with Gasteiger partial charge in [0, 0.05) is 0 Å². The van der Waals surface area contributed by atoms with E-state index in [1.165, 1.54) is 6.07 Å². The molecule has 0 fully saturated rings. The fraction of sp³-hybridized carbons (Fsp3) is 0.455. The Hall–Kier alpha value is -0.850. The summed E-state index contributed by atoms with van der Waals surface area (Å²) < 4.78 is 12.7. The molecule has 1 rings (SSSR count). The molecule has 1 aromatic carbocycles. The fourth-order valence-electron chi connectivity index (χ4n) is 1.26. The molecule has 0 unspecified atom stereocenters. The minimum atomic E-state index is -0.142. The summed E-state index contributed by atoms with van der Waals surface area (Å²) in [6.45, 7) is 6.45. The lowest BCUT2D eigenvalue weighted by Crippen LogP contribution is -2.08. The summed E-state index contributed by atoms with van der Waals surface area (Å²) in [5.74, 6) is -0.142. The Bertz CT molecular complexity index is 258. The van der Waals surface area contributed by atoms with Crippen LogP contribution in [0.2, 0.25) is 0 Å². The van der Waals surface area contributed by atoms with Crippen molar-refractivity contribution in [1.29, 1.82) is 0 Å². The highest BCUT2D eigenvalue weighted by molar-refractivity contribution is 5.17. The van der Waals surface area contributed by atoms with Crippen LogP contribution in [-0.4, -0.2) is 0 Å². The largest absolute Gasteiger partial charge is 0.207 e. The molecule has 0 amide bonds. The number of rotatable bonds is 1. The summed E-state index contributed by atoms with van der Waals surface area (Å²) in [7, 11) is 0. The lowest BCUT2D eigenvalue weighted by atomic mass is 9.88. The van der Waals surface area contributed by atoms with Gasteiger partial charge in [-0.3, -0.25) is 0 Å². The first-order valence-corrected chi connectivity index (χ1v) is 4.22. The lowest BCUT2D eigenvalue weighted by molar-refractivity contribution is 0.410. The molecule has 0 aromatic heterocycles. The van der Waals surface area contributed by atoms with Gasteiger partial charge >= 0.3 is 0 Å². The fourth-order valence-corrected chi connectivity index (χ4v) is 1.26. The second kappa shape index (κ2) is 3.26. The zero-order valence-electron chi connectivity index (χ0n) is 7.89. The molecule has 0 saturated carbocycles. The first-order chi connectivity index (χ1) is 5.47. The Morgan fingerprint density at radius 1 is 1.25 bits per heavy atom. The number of hydrogen-bond donors (Lipinski definition) is 0. The van der Waals surface area contributed by atoms with Gasteiger partial charge in [-0.05, 0) is 29.5 Å². The molecule has 1 heteroatoms. The summed E-state index contributed by atoms with van der Waals surface area (Å²) in [6, 6.07) is 6.81. The van der Waals surface area contributed by atoms with Crippen LogP contribution in [0.15, 0.2) is 24.3 Å². The van der Waals surface area contributed by atoms with Gasteiger partial charge in [-0.2, -0.15) is 0 Å². The van der Waals surface area contributed by atoms with Gasteiger partial charge in [-0.15, -0.1) is 0 Å². The minimum absolute atomic E-state index is 0.142. The van der Waals surface area contributed by atoms with E-state index in [0.717, 1.165) is 12.0 Å². The molecule has 0 saturated heterocycles. The Balaban J connectivity index is 2.77. The molecule has 0 aliphatic rings. The van der Waals surface area contributed by atoms with E-state index in [2.05, 4.69) is 20.8 Å². The number of hydrogen-bond acceptors (Lipinski definition) is 0. The maximum atomic E-state index is 12.7. The predicted octanol–water partition coefficient (Wildman–Crippen LogP) is 3.41. The molecule has 0 spiro atoms. The maximum Gasteiger partial charge on any atom is 0.123 e. The molecule has 66 valence electrons. The molecule has 0 radical (unpaired) electrons. The Morgan fingerprint density at radius 3 is 2.42 bits per heavy atom. The Labute approximate surface area is 73.4 Å². The van der Waals surface area contributed by atoms with Crippen LogP contribution in [-0.2, 0) is 6.42 Å². The molecule has 0 heterocycles. The number of benzene rings is 1. The van der Waals surface area contributed by atoms with Crippen LogP contribution in [0.1, 0.15) is 26.3 Å². The van der Waals surface area contributed by atoms with Crippen molar-refractivity contribution in [2.45, 2.75) is 27.2 Å². The molecule has 0 aliphatic heterocycles. The second-order valence-electron chi connectivity index (χ2n) is 4.37. The summed E-state index contributed by atoms with van der Waals surface area (Å²) in [5, 5.41) is 0. The third-order valence-corrected chi connectivity index (χ3v) is 1.62. The van der Waals surface area contributed by atoms with Crippen LogP contribution in [0.5, 0.6) is 0 Å². The van der Waals surface area contributed by atoms with Crippen molar-refractivity contribution in [2.75, 3.05) is 0 Å². The third-order valence-electron chi connectivity index (χ3n) is 1.62. The third kappa shape index (κ3) is 3.04. The van der Waals surface area contributed by atoms with E-state index in [1.807, 2.05) is 6.07 Å². The summed E-state index contributed by atoms with van der Waals surface area (Å²) >= 11 is 0. The SMILES string of the molecule is CC(C)(C)Cc1cccc(F)c1. The zero-order chi connectivity index (χ0) is 9.19. The van der Waals surface area contributed by atoms with Crippen molar-refractivity contribution in [1.82, 2.24) is 0 Å². The van der Waals surface area contributed by atoms with E-state index in [0.29, 0.717) is 0 Å². The van der Waals surface area contributed by atoms with Crippen LogP contribution >= 0.6 is 0 Å². The molecule has 0 N–H and O–H groups in total. The Morgan fingerprint density at radius 2 is 1.92 bits per heavy atom. The quantitative estimate of drug-likeness (QED) is 0.599. The van der Waals surface area contributed by atoms with E-state index in [4.69, 9.17) is 0 Å². The van der Waals surface area contributed by atoms with Crippen molar-refractivity contribution in [3.8, 4) is 0 Å². The highest BCUT2D eigenvalue weighted by atomic mass is 19.1. The van der Waals surface area contributed by atoms with Crippen molar-refractivity contribution >= 4 is 0 Å². The van der Waals surface area contributed by atoms with Gasteiger partial charge in [0.1, 0.15) is 5.82 Å². The zero-order valence-corrected chi connectivity index (χ0v) is 7.89. The van der Waals surface area contributed by atoms with Gasteiger partial charge in [0.15, 0.2) is 0 Å². The highest BCUT2D eigenvalue weighted by Gasteiger charge is 2.10. The maximum absolute atomic E-state index is 12.7. The minimum Gasteiger partial charge on any atom is -0.207 e. The van der Waals surface area contributed by atoms with E-state index in [1.54, 1.807) is 12.1 Å². The molecule has 1 aromatic rings. The number of halogens is 1. The predicted molar refractivity (Wildman–Crippen MR) is 49.6 cm³/mol. The Kier molecular flexibility index (Phi) is 2.51. The van der Waals surface area contributed by atoms with E-state index >= 15 is 0 Å². The standard InChI is InChI=1S/C11H15F/c1-11(2,3)8-9-5-4-6-10(12)7-9/h4-7H,8H2,1-3H3. The highest BCUT2D eigenvalue weighted by Crippen LogP contribution is 2.20. The normalized spacial score (nSPS) is 11.7. The van der Waals surface area contributed by atoms with Crippen LogP contribution in [0, 0.1) is 11.2 Å². The van der Waals surface area contributed by atoms with E-state index in [9.17, 15) is 4.39 Å². The van der Waals surface area contributed by atoms with Crippen molar-refractivity contribution < 1.29 is 4.39 Å². The average Bonchev–Trinajstić information content (AvgIpc) is 1.82. The molecule has 0 aliphatic carbocycles. The van der Waals surface area contributed by atoms with Gasteiger partial charge in [-0.25, -0.2) is 4.39 Å². The molecule has 0 atom stereocenters. The van der Waals surface area contributed by atoms with Crippen LogP contribution in [0.3, 0.4) is 0 Å². The summed E-state index contributed by atoms with van der Waals surface area (Å²) in [5.41, 5.74) is 1.30. The smallest absolute Gasteiger partial charge is 0.123 e. The van der Waals surface area contributed by atoms with Crippen LogP contribution < -0.4 is 0 Å². The first-order valence-electron chi connectivity index (χ1n) is 4.22. The topological polar surface area (TPSA) is 0 Å². The molecule has 0 nitrogen and oxygen atoms in total. The van der Waals surface area contributed by atoms with Gasteiger partial charge in [0.05, 0.1) is 0 Å². The van der Waals surface area contributed by atoms with Gasteiger partial charge < -0.3 is 0 Å². The van der Waals surface area contributed by atoms with E-state index in [-0.39, 0.29) is 11.2 Å². The van der Waals surface area contributed by atoms with Gasteiger partial charge in [-0.1, -0.05) is 32.9 Å². The van der Waals surface area contributed by atoms with Crippen molar-refractivity contribution in [2.24, 2.45) is 5.41 Å². The van der Waals surface area contributed by atoms with Gasteiger partial charge in [0.25, 0.3) is 0 Å². The molecule has 0 bridgehead atoms. The molecular formula is C11H15F. The molecular weight excluding hydrogens is 151 g/mol. The second-order valence-corrected chi connectivity index (χ2v) is 4.37. The summed E-state index contributed by atoms with van der Waals surface area (Å²) in [6.07, 6.45) is 0.921. The van der Waals surface area contributed by atoms with Crippen molar-refractivity contribution in [3.05, 3.63) is 35.6 Å². The van der Waals surface area contributed by atoms with Crippen molar-refractivity contribution in [3.63, 3.8) is 0 Å². The van der Waals surface area contributed by atoms with E-state index < -0.39 is 0 Å².